The Kier molecular flexibility index (Phi) is 4.83. The molecule has 2 aromatic carbocycles. The van der Waals surface area contributed by atoms with Crippen LogP contribution in [-0.2, 0) is 15.1 Å². The van der Waals surface area contributed by atoms with Crippen LogP contribution in [0, 0.1) is 5.41 Å². The van der Waals surface area contributed by atoms with Gasteiger partial charge in [-0.15, -0.1) is 0 Å². The Morgan fingerprint density at radius 1 is 0.968 bits per heavy atom. The maximum absolute atomic E-state index is 12.7. The Hall–Kier alpha value is -2.43. The first kappa shape index (κ1) is 20.5. The number of amides is 1. The van der Waals surface area contributed by atoms with Crippen LogP contribution < -0.4 is 5.32 Å². The second kappa shape index (κ2) is 7.32. The number of fused-ring (bicyclic) bond motifs is 4. The van der Waals surface area contributed by atoms with Crippen molar-refractivity contribution in [1.82, 2.24) is 10.2 Å². The standard InChI is InChI=1S/C27H32N2O2/c1-25(2,3)18-24(30)29-16-14-26(15-17-29)28-19-27(31-26)22-10-6-4-8-20(22)12-13-21-9-5-7-11-23(21)27/h4-13,28H,14-19H2,1-3H3. The van der Waals surface area contributed by atoms with E-state index in [4.69, 9.17) is 4.74 Å². The average molecular weight is 417 g/mol. The largest absolute Gasteiger partial charge is 0.343 e. The number of nitrogens with one attached hydrogen (secondary N) is 1. The summed E-state index contributed by atoms with van der Waals surface area (Å²) < 4.78 is 7.09. The zero-order valence-electron chi connectivity index (χ0n) is 18.8. The van der Waals surface area contributed by atoms with Crippen molar-refractivity contribution in [3.8, 4) is 0 Å². The van der Waals surface area contributed by atoms with Crippen LogP contribution in [0.2, 0.25) is 0 Å². The molecule has 2 heterocycles. The number of piperidine rings is 1. The van der Waals surface area contributed by atoms with E-state index in [1.54, 1.807) is 0 Å². The Balaban J connectivity index is 1.44. The molecule has 0 atom stereocenters. The van der Waals surface area contributed by atoms with Crippen LogP contribution in [-0.4, -0.2) is 36.2 Å². The minimum Gasteiger partial charge on any atom is -0.343 e. The van der Waals surface area contributed by atoms with E-state index in [2.05, 4.69) is 86.8 Å². The van der Waals surface area contributed by atoms with Crippen LogP contribution in [0.4, 0.5) is 0 Å². The molecule has 2 fully saturated rings. The Bertz CT molecular complexity index is 976. The van der Waals surface area contributed by atoms with Crippen LogP contribution >= 0.6 is 0 Å². The van der Waals surface area contributed by atoms with E-state index >= 15 is 0 Å². The zero-order chi connectivity index (χ0) is 21.7. The fourth-order valence-electron chi connectivity index (χ4n) is 5.30. The summed E-state index contributed by atoms with van der Waals surface area (Å²) in [6, 6.07) is 17.1. The monoisotopic (exact) mass is 416 g/mol. The van der Waals surface area contributed by atoms with Gasteiger partial charge >= 0.3 is 0 Å². The molecule has 1 N–H and O–H groups in total. The van der Waals surface area contributed by atoms with Crippen LogP contribution in [0.15, 0.2) is 48.5 Å². The van der Waals surface area contributed by atoms with Gasteiger partial charge in [0.1, 0.15) is 11.3 Å². The molecule has 2 aliphatic heterocycles. The number of rotatable bonds is 1. The van der Waals surface area contributed by atoms with E-state index in [1.807, 2.05) is 4.90 Å². The number of carbonyl (C=O) groups excluding carboxylic acids is 1. The summed E-state index contributed by atoms with van der Waals surface area (Å²) in [5.41, 5.74) is 3.93. The maximum Gasteiger partial charge on any atom is 0.223 e. The smallest absolute Gasteiger partial charge is 0.223 e. The highest BCUT2D eigenvalue weighted by Crippen LogP contribution is 2.48. The average Bonchev–Trinajstić information content (AvgIpc) is 3.05. The van der Waals surface area contributed by atoms with Crippen LogP contribution in [0.3, 0.4) is 0 Å². The second-order valence-electron chi connectivity index (χ2n) is 10.4. The maximum atomic E-state index is 12.7. The predicted molar refractivity (Wildman–Crippen MR) is 124 cm³/mol. The summed E-state index contributed by atoms with van der Waals surface area (Å²) >= 11 is 0. The van der Waals surface area contributed by atoms with Gasteiger partial charge in [-0.1, -0.05) is 81.5 Å². The van der Waals surface area contributed by atoms with Crippen molar-refractivity contribution in [1.29, 1.82) is 0 Å². The minimum absolute atomic E-state index is 0.0130. The summed E-state index contributed by atoms with van der Waals surface area (Å²) in [5.74, 6) is 0.254. The van der Waals surface area contributed by atoms with Crippen LogP contribution in [0.5, 0.6) is 0 Å². The van der Waals surface area contributed by atoms with Crippen molar-refractivity contribution in [3.05, 3.63) is 70.8 Å². The van der Waals surface area contributed by atoms with E-state index in [-0.39, 0.29) is 11.3 Å². The van der Waals surface area contributed by atoms with Gasteiger partial charge in [-0.05, 0) is 27.7 Å². The lowest BCUT2D eigenvalue weighted by Crippen LogP contribution is -2.52. The second-order valence-corrected chi connectivity index (χ2v) is 10.4. The van der Waals surface area contributed by atoms with Crippen molar-refractivity contribution in [3.63, 3.8) is 0 Å². The number of hydrogen-bond acceptors (Lipinski definition) is 3. The first-order valence-electron chi connectivity index (χ1n) is 11.4. The van der Waals surface area contributed by atoms with E-state index < -0.39 is 11.3 Å². The normalized spacial score (nSPS) is 21.1. The molecule has 0 saturated carbocycles. The van der Waals surface area contributed by atoms with Gasteiger partial charge in [0.25, 0.3) is 0 Å². The molecule has 0 bridgehead atoms. The molecule has 162 valence electrons. The molecule has 3 aliphatic rings. The van der Waals surface area contributed by atoms with Crippen molar-refractivity contribution in [2.24, 2.45) is 5.41 Å². The van der Waals surface area contributed by atoms with Crippen LogP contribution in [0.25, 0.3) is 12.2 Å². The molecule has 31 heavy (non-hydrogen) atoms. The lowest BCUT2D eigenvalue weighted by Gasteiger charge is -2.41. The fourth-order valence-corrected chi connectivity index (χ4v) is 5.30. The van der Waals surface area contributed by atoms with Gasteiger partial charge in [0, 0.05) is 38.9 Å². The number of nitrogens with zero attached hydrogens (tertiary/aromatic N) is 1. The summed E-state index contributed by atoms with van der Waals surface area (Å²) in [6.45, 7) is 8.57. The highest BCUT2D eigenvalue weighted by Gasteiger charge is 2.53. The van der Waals surface area contributed by atoms with Crippen molar-refractivity contribution in [2.75, 3.05) is 19.6 Å². The molecular weight excluding hydrogens is 384 g/mol. The number of likely N-dealkylation sites (tertiary alicyclic amines) is 1. The molecule has 1 aliphatic carbocycles. The molecular formula is C27H32N2O2. The van der Waals surface area contributed by atoms with Crippen molar-refractivity contribution in [2.45, 2.75) is 51.4 Å². The molecule has 4 heteroatoms. The molecule has 5 rings (SSSR count). The van der Waals surface area contributed by atoms with Gasteiger partial charge in [-0.3, -0.25) is 10.1 Å². The zero-order valence-corrected chi connectivity index (χ0v) is 18.8. The first-order chi connectivity index (χ1) is 14.8. The fraction of sp³-hybridized carbons (Fsp3) is 0.444. The van der Waals surface area contributed by atoms with Gasteiger partial charge in [0.05, 0.1) is 0 Å². The third-order valence-corrected chi connectivity index (χ3v) is 6.87. The number of hydrogen-bond donors (Lipinski definition) is 1. The summed E-state index contributed by atoms with van der Waals surface area (Å²) in [7, 11) is 0. The third-order valence-electron chi connectivity index (χ3n) is 6.87. The molecule has 1 amide bonds. The SMILES string of the molecule is CC(C)(C)CC(=O)N1CCC2(CC1)NCC1(O2)c2ccccc2C=Cc2ccccc21. The number of benzene rings is 2. The topological polar surface area (TPSA) is 41.6 Å². The summed E-state index contributed by atoms with van der Waals surface area (Å²) in [5, 5.41) is 3.76. The molecule has 4 nitrogen and oxygen atoms in total. The molecule has 0 unspecified atom stereocenters. The Labute approximate surface area is 185 Å². The minimum atomic E-state index is -0.520. The van der Waals surface area contributed by atoms with E-state index in [1.165, 1.54) is 22.3 Å². The predicted octanol–water partition coefficient (Wildman–Crippen LogP) is 4.79. The molecule has 0 radical (unpaired) electrons. The molecule has 2 aromatic rings. The van der Waals surface area contributed by atoms with Crippen molar-refractivity contribution < 1.29 is 9.53 Å². The first-order valence-corrected chi connectivity index (χ1v) is 11.4. The Morgan fingerprint density at radius 2 is 1.52 bits per heavy atom. The van der Waals surface area contributed by atoms with Gasteiger partial charge in [0.15, 0.2) is 0 Å². The number of ether oxygens (including phenoxy) is 1. The quantitative estimate of drug-likeness (QED) is 0.727. The third kappa shape index (κ3) is 3.62. The molecule has 2 saturated heterocycles. The van der Waals surface area contributed by atoms with Gasteiger partial charge < -0.3 is 9.64 Å². The number of carbonyl (C=O) groups is 1. The summed E-state index contributed by atoms with van der Waals surface area (Å²) in [6.07, 6.45) is 6.60. The van der Waals surface area contributed by atoms with Gasteiger partial charge in [0.2, 0.25) is 5.91 Å². The summed E-state index contributed by atoms with van der Waals surface area (Å²) in [4.78, 5) is 14.8. The highest BCUT2D eigenvalue weighted by molar-refractivity contribution is 5.78. The van der Waals surface area contributed by atoms with Gasteiger partial charge in [-0.25, -0.2) is 0 Å². The van der Waals surface area contributed by atoms with Crippen molar-refractivity contribution >= 4 is 18.1 Å². The molecule has 0 aromatic heterocycles. The van der Waals surface area contributed by atoms with E-state index in [9.17, 15) is 4.79 Å². The van der Waals surface area contributed by atoms with E-state index in [0.717, 1.165) is 32.5 Å². The van der Waals surface area contributed by atoms with Gasteiger partial charge in [-0.2, -0.15) is 0 Å². The van der Waals surface area contributed by atoms with E-state index in [0.29, 0.717) is 6.42 Å². The lowest BCUT2D eigenvalue weighted by molar-refractivity contribution is -0.145. The Morgan fingerprint density at radius 3 is 2.06 bits per heavy atom. The van der Waals surface area contributed by atoms with Crippen LogP contribution in [0.1, 0.15) is 62.3 Å². The molecule has 2 spiro atoms. The lowest BCUT2D eigenvalue weighted by atomic mass is 9.83. The highest BCUT2D eigenvalue weighted by atomic mass is 16.6.